The fraction of sp³-hybridized carbons (Fsp3) is 0.643. The minimum atomic E-state index is -0.394. The molecule has 17 heavy (non-hydrogen) atoms. The monoisotopic (exact) mass is 234 g/mol. The lowest BCUT2D eigenvalue weighted by atomic mass is 9.73. The molecule has 1 N–H and O–H groups in total. The van der Waals surface area contributed by atoms with Crippen molar-refractivity contribution in [3.63, 3.8) is 0 Å². The van der Waals surface area contributed by atoms with Crippen LogP contribution in [0.5, 0.6) is 0 Å². The number of aliphatic hydroxyl groups is 1. The molecule has 7 atom stereocenters. The maximum absolute atomic E-state index is 11.1. The molecule has 3 aliphatic carbocycles. The first-order valence-corrected chi connectivity index (χ1v) is 6.31. The van der Waals surface area contributed by atoms with E-state index in [-0.39, 0.29) is 23.9 Å². The third-order valence-electron chi connectivity index (χ3n) is 4.68. The second-order valence-corrected chi connectivity index (χ2v) is 5.50. The average Bonchev–Trinajstić information content (AvgIpc) is 2.77. The van der Waals surface area contributed by atoms with Crippen molar-refractivity contribution in [3.8, 4) is 0 Å². The minimum absolute atomic E-state index is 0.164. The minimum Gasteiger partial charge on any atom is -0.458 e. The van der Waals surface area contributed by atoms with Gasteiger partial charge in [-0.05, 0) is 23.8 Å². The molecule has 0 saturated heterocycles. The summed E-state index contributed by atoms with van der Waals surface area (Å²) in [5, 5.41) is 10.1. The van der Waals surface area contributed by atoms with Crippen molar-refractivity contribution in [2.45, 2.75) is 26.1 Å². The van der Waals surface area contributed by atoms with Gasteiger partial charge in [-0.1, -0.05) is 25.2 Å². The lowest BCUT2D eigenvalue weighted by molar-refractivity contribution is -0.149. The smallest absolute Gasteiger partial charge is 0.303 e. The van der Waals surface area contributed by atoms with Crippen molar-refractivity contribution in [2.75, 3.05) is 0 Å². The first-order valence-electron chi connectivity index (χ1n) is 6.31. The van der Waals surface area contributed by atoms with Crippen molar-refractivity contribution in [1.29, 1.82) is 0 Å². The van der Waals surface area contributed by atoms with Gasteiger partial charge in [-0.3, -0.25) is 4.79 Å². The van der Waals surface area contributed by atoms with Crippen LogP contribution in [0.4, 0.5) is 0 Å². The molecule has 0 aromatic carbocycles. The van der Waals surface area contributed by atoms with E-state index < -0.39 is 6.10 Å². The highest BCUT2D eigenvalue weighted by Gasteiger charge is 2.55. The molecule has 0 amide bonds. The highest BCUT2D eigenvalue weighted by molar-refractivity contribution is 5.66. The summed E-state index contributed by atoms with van der Waals surface area (Å²) in [6, 6.07) is 0. The number of esters is 1. The Hall–Kier alpha value is -1.09. The normalized spacial score (nSPS) is 50.4. The van der Waals surface area contributed by atoms with E-state index in [1.807, 2.05) is 6.08 Å². The van der Waals surface area contributed by atoms with Crippen LogP contribution in [0, 0.1) is 29.6 Å². The fourth-order valence-corrected chi connectivity index (χ4v) is 4.02. The van der Waals surface area contributed by atoms with Gasteiger partial charge in [0.1, 0.15) is 6.10 Å². The van der Waals surface area contributed by atoms with Crippen LogP contribution in [0.2, 0.25) is 0 Å². The molecule has 1 unspecified atom stereocenters. The zero-order chi connectivity index (χ0) is 12.2. The third-order valence-corrected chi connectivity index (χ3v) is 4.68. The number of aliphatic hydroxyl groups excluding tert-OH is 1. The predicted octanol–water partition coefficient (Wildman–Crippen LogP) is 1.53. The molecule has 92 valence electrons. The highest BCUT2D eigenvalue weighted by Crippen LogP contribution is 2.56. The first kappa shape index (κ1) is 11.0. The van der Waals surface area contributed by atoms with Crippen molar-refractivity contribution < 1.29 is 14.6 Å². The molecule has 2 bridgehead atoms. The zero-order valence-corrected chi connectivity index (χ0v) is 10.1. The molecule has 0 aromatic heterocycles. The van der Waals surface area contributed by atoms with Crippen LogP contribution in [0.25, 0.3) is 0 Å². The second kappa shape index (κ2) is 3.70. The second-order valence-electron chi connectivity index (χ2n) is 5.50. The van der Waals surface area contributed by atoms with E-state index in [2.05, 4.69) is 19.1 Å². The molecule has 3 rings (SSSR count). The summed E-state index contributed by atoms with van der Waals surface area (Å²) in [6.45, 7) is 3.67. The Balaban J connectivity index is 1.92. The molecular formula is C14H18O3. The molecule has 0 aromatic rings. The number of carbonyl (C=O) groups is 1. The highest BCUT2D eigenvalue weighted by atomic mass is 16.5. The Morgan fingerprint density at radius 3 is 2.41 bits per heavy atom. The molecule has 1 fully saturated rings. The van der Waals surface area contributed by atoms with Crippen molar-refractivity contribution in [3.05, 3.63) is 24.3 Å². The van der Waals surface area contributed by atoms with E-state index in [4.69, 9.17) is 4.74 Å². The lowest BCUT2D eigenvalue weighted by Crippen LogP contribution is -2.41. The van der Waals surface area contributed by atoms with Gasteiger partial charge < -0.3 is 9.84 Å². The van der Waals surface area contributed by atoms with Gasteiger partial charge in [0.2, 0.25) is 0 Å². The number of carbonyl (C=O) groups excluding carboxylic acids is 1. The van der Waals surface area contributed by atoms with E-state index in [9.17, 15) is 9.90 Å². The summed E-state index contributed by atoms with van der Waals surface area (Å²) in [5.74, 6) is 1.65. The number of hydrogen-bond donors (Lipinski definition) is 1. The number of fused-ring (bicyclic) bond motifs is 5. The summed E-state index contributed by atoms with van der Waals surface area (Å²) < 4.78 is 5.38. The SMILES string of the molecule is CC(=O)O[C@@H]1C=C[C@H](O)[C@H]2[C@@H]1[C@H]1C=C[C@@H]2C1C. The standard InChI is InChI=1S/C14H18O3/c1-7-9-3-4-10(7)14-12(17-8(2)15)6-5-11(16)13(9)14/h3-7,9-14,16H,1-2H3/t7?,9-,10+,11+,12-,13+,14-/m1/s1. The summed E-state index contributed by atoms with van der Waals surface area (Å²) in [4.78, 5) is 11.1. The van der Waals surface area contributed by atoms with Crippen molar-refractivity contribution >= 4 is 5.97 Å². The van der Waals surface area contributed by atoms with E-state index in [0.29, 0.717) is 17.8 Å². The molecule has 0 radical (unpaired) electrons. The van der Waals surface area contributed by atoms with Crippen molar-refractivity contribution in [2.24, 2.45) is 29.6 Å². The molecule has 0 heterocycles. The number of allylic oxidation sites excluding steroid dienone is 2. The molecule has 3 aliphatic rings. The van der Waals surface area contributed by atoms with E-state index in [1.54, 1.807) is 6.08 Å². The number of ether oxygens (including phenoxy) is 1. The first-order chi connectivity index (χ1) is 8.09. The largest absolute Gasteiger partial charge is 0.458 e. The van der Waals surface area contributed by atoms with E-state index in [1.165, 1.54) is 6.92 Å². The van der Waals surface area contributed by atoms with Crippen LogP contribution in [0.1, 0.15) is 13.8 Å². The van der Waals surface area contributed by atoms with Crippen LogP contribution in [-0.2, 0) is 9.53 Å². The summed E-state index contributed by atoms with van der Waals surface area (Å²) in [7, 11) is 0. The van der Waals surface area contributed by atoms with Gasteiger partial charge in [-0.25, -0.2) is 0 Å². The fourth-order valence-electron chi connectivity index (χ4n) is 4.02. The zero-order valence-electron chi connectivity index (χ0n) is 10.1. The number of hydrogen-bond acceptors (Lipinski definition) is 3. The quantitative estimate of drug-likeness (QED) is 0.553. The molecule has 3 nitrogen and oxygen atoms in total. The summed E-state index contributed by atoms with van der Waals surface area (Å²) >= 11 is 0. The summed E-state index contributed by atoms with van der Waals surface area (Å²) in [5.41, 5.74) is 0. The predicted molar refractivity (Wildman–Crippen MR) is 63.0 cm³/mol. The van der Waals surface area contributed by atoms with Crippen molar-refractivity contribution in [1.82, 2.24) is 0 Å². The lowest BCUT2D eigenvalue weighted by Gasteiger charge is -2.37. The molecule has 0 aliphatic heterocycles. The molecule has 1 saturated carbocycles. The maximum Gasteiger partial charge on any atom is 0.303 e. The molecule has 3 heteroatoms. The number of rotatable bonds is 1. The maximum atomic E-state index is 11.1. The van der Waals surface area contributed by atoms with Gasteiger partial charge in [-0.2, -0.15) is 0 Å². The van der Waals surface area contributed by atoms with Crippen LogP contribution >= 0.6 is 0 Å². The van der Waals surface area contributed by atoms with Crippen LogP contribution in [0.3, 0.4) is 0 Å². The van der Waals surface area contributed by atoms with Gasteiger partial charge in [0.05, 0.1) is 6.10 Å². The topological polar surface area (TPSA) is 46.5 Å². The van der Waals surface area contributed by atoms with Crippen LogP contribution in [0.15, 0.2) is 24.3 Å². The van der Waals surface area contributed by atoms with Gasteiger partial charge in [0.25, 0.3) is 0 Å². The van der Waals surface area contributed by atoms with Crippen LogP contribution < -0.4 is 0 Å². The summed E-state index contributed by atoms with van der Waals surface area (Å²) in [6.07, 6.45) is 7.55. The Labute approximate surface area is 101 Å². The Morgan fingerprint density at radius 2 is 1.76 bits per heavy atom. The van der Waals surface area contributed by atoms with Gasteiger partial charge in [0, 0.05) is 18.8 Å². The Morgan fingerprint density at radius 1 is 1.12 bits per heavy atom. The van der Waals surface area contributed by atoms with Gasteiger partial charge >= 0.3 is 5.97 Å². The molecular weight excluding hydrogens is 216 g/mol. The third kappa shape index (κ3) is 1.48. The van der Waals surface area contributed by atoms with E-state index >= 15 is 0 Å². The van der Waals surface area contributed by atoms with E-state index in [0.717, 1.165) is 0 Å². The van der Waals surface area contributed by atoms with Crippen LogP contribution in [-0.4, -0.2) is 23.3 Å². The van der Waals surface area contributed by atoms with Gasteiger partial charge in [-0.15, -0.1) is 0 Å². The van der Waals surface area contributed by atoms with Gasteiger partial charge in [0.15, 0.2) is 0 Å². The molecule has 0 spiro atoms. The Bertz CT molecular complexity index is 398. The average molecular weight is 234 g/mol. The Kier molecular flexibility index (Phi) is 2.40.